The summed E-state index contributed by atoms with van der Waals surface area (Å²) in [6.45, 7) is 16.4. The van der Waals surface area contributed by atoms with Crippen LogP contribution in [0.2, 0.25) is 0 Å². The van der Waals surface area contributed by atoms with E-state index in [-0.39, 0.29) is 12.1 Å². The molecule has 5 aliphatic rings. The van der Waals surface area contributed by atoms with Crippen LogP contribution >= 0.6 is 0 Å². The van der Waals surface area contributed by atoms with Gasteiger partial charge in [-0.2, -0.15) is 0 Å². The number of carbonyl (C=O) groups is 1. The lowest BCUT2D eigenvalue weighted by Gasteiger charge is -2.58. The second kappa shape index (κ2) is 7.72. The van der Waals surface area contributed by atoms with Gasteiger partial charge in [-0.1, -0.05) is 65.3 Å². The minimum atomic E-state index is -0.0960. The number of esters is 1. The molecular formula is C31H48O2. The lowest BCUT2D eigenvalue weighted by Crippen LogP contribution is -2.50. The Balaban J connectivity index is 1.38. The van der Waals surface area contributed by atoms with Crippen LogP contribution in [0.3, 0.4) is 0 Å². The molecule has 2 heteroatoms. The van der Waals surface area contributed by atoms with E-state index in [1.54, 1.807) is 6.92 Å². The Kier molecular flexibility index (Phi) is 5.54. The van der Waals surface area contributed by atoms with Crippen molar-refractivity contribution in [2.75, 3.05) is 0 Å². The molecule has 0 unspecified atom stereocenters. The minimum absolute atomic E-state index is 0.0960. The first-order chi connectivity index (χ1) is 15.5. The van der Waals surface area contributed by atoms with Crippen molar-refractivity contribution in [2.24, 2.45) is 51.2 Å². The van der Waals surface area contributed by atoms with E-state index in [0.29, 0.717) is 39.4 Å². The molecule has 4 saturated carbocycles. The van der Waals surface area contributed by atoms with Crippen molar-refractivity contribution in [3.8, 4) is 0 Å². The Morgan fingerprint density at radius 1 is 1.03 bits per heavy atom. The third kappa shape index (κ3) is 3.28. The molecule has 0 N–H and O–H groups in total. The fourth-order valence-corrected chi connectivity index (χ4v) is 9.64. The largest absolute Gasteiger partial charge is 0.463 e. The van der Waals surface area contributed by atoms with Gasteiger partial charge < -0.3 is 4.74 Å². The van der Waals surface area contributed by atoms with Gasteiger partial charge in [-0.05, 0) is 109 Å². The van der Waals surface area contributed by atoms with E-state index < -0.39 is 0 Å². The van der Waals surface area contributed by atoms with Crippen LogP contribution in [-0.4, -0.2) is 12.1 Å². The van der Waals surface area contributed by atoms with E-state index in [2.05, 4.69) is 59.8 Å². The third-order valence-corrected chi connectivity index (χ3v) is 12.2. The van der Waals surface area contributed by atoms with Crippen LogP contribution in [0.4, 0.5) is 0 Å². The second-order valence-corrected chi connectivity index (χ2v) is 13.8. The zero-order chi connectivity index (χ0) is 23.8. The lowest BCUT2D eigenvalue weighted by atomic mass is 9.47. The summed E-state index contributed by atoms with van der Waals surface area (Å²) >= 11 is 0. The summed E-state index contributed by atoms with van der Waals surface area (Å²) in [6.07, 6.45) is 19.5. The predicted octanol–water partition coefficient (Wildman–Crippen LogP) is 8.13. The van der Waals surface area contributed by atoms with Crippen molar-refractivity contribution in [1.29, 1.82) is 0 Å². The fourth-order valence-electron chi connectivity index (χ4n) is 9.64. The maximum absolute atomic E-state index is 11.6. The minimum Gasteiger partial charge on any atom is -0.463 e. The Labute approximate surface area is 203 Å². The highest BCUT2D eigenvalue weighted by Crippen LogP contribution is 2.83. The highest BCUT2D eigenvalue weighted by atomic mass is 16.5. The molecule has 0 aliphatic heterocycles. The maximum atomic E-state index is 11.6. The molecule has 0 bridgehead atoms. The number of hydrogen-bond donors (Lipinski definition) is 0. The molecule has 0 heterocycles. The first-order valence-corrected chi connectivity index (χ1v) is 14.0. The van der Waals surface area contributed by atoms with Gasteiger partial charge in [0.25, 0.3) is 0 Å². The molecule has 0 amide bonds. The molecule has 0 aromatic rings. The molecule has 5 rings (SSSR count). The van der Waals surface area contributed by atoms with Crippen molar-refractivity contribution < 1.29 is 9.53 Å². The van der Waals surface area contributed by atoms with E-state index in [4.69, 9.17) is 4.74 Å². The average molecular weight is 453 g/mol. The van der Waals surface area contributed by atoms with Gasteiger partial charge in [0.05, 0.1) is 0 Å². The van der Waals surface area contributed by atoms with Crippen LogP contribution in [0.1, 0.15) is 106 Å². The number of ether oxygens (including phenoxy) is 1. The van der Waals surface area contributed by atoms with E-state index in [1.807, 2.05) is 5.57 Å². The predicted molar refractivity (Wildman–Crippen MR) is 136 cm³/mol. The summed E-state index contributed by atoms with van der Waals surface area (Å²) in [5.74, 6) is 3.50. The molecule has 0 spiro atoms. The average Bonchev–Trinajstić information content (AvgIpc) is 3.35. The quantitative estimate of drug-likeness (QED) is 0.311. The molecule has 9 atom stereocenters. The van der Waals surface area contributed by atoms with Gasteiger partial charge in [-0.25, -0.2) is 0 Å². The summed E-state index contributed by atoms with van der Waals surface area (Å²) in [4.78, 5) is 11.6. The van der Waals surface area contributed by atoms with Crippen molar-refractivity contribution in [3.63, 3.8) is 0 Å². The first-order valence-electron chi connectivity index (χ1n) is 14.0. The van der Waals surface area contributed by atoms with Crippen LogP contribution in [0, 0.1) is 51.2 Å². The standard InChI is InChI=1S/C31H48O2/c1-20(2)21(3)8-9-22(4)25-11-14-29(7)26-13-16-30-18-24(33-23(5)32)10-17-31(30,19-30)27(26)12-15-28(25,29)6/h8-9,12,20-22,24-26H,10-11,13-19H2,1-7H3/b9-8+/t21-,22+,24-,25+,26+,28+,29-,30+,31-/m0/s1. The van der Waals surface area contributed by atoms with Crippen LogP contribution in [0.25, 0.3) is 0 Å². The second-order valence-electron chi connectivity index (χ2n) is 13.8. The molecule has 0 radical (unpaired) electrons. The lowest BCUT2D eigenvalue weighted by molar-refractivity contribution is -0.149. The van der Waals surface area contributed by atoms with Gasteiger partial charge in [-0.3, -0.25) is 4.79 Å². The monoisotopic (exact) mass is 452 g/mol. The molecular weight excluding hydrogens is 404 g/mol. The Hall–Kier alpha value is -1.05. The Morgan fingerprint density at radius 2 is 1.79 bits per heavy atom. The SMILES string of the molecule is CC(=O)O[C@H]1CC[C@@]23C[C@@]2(CC[C@@H]2C3=CC[C@]3(C)[C@@H]([C@H](C)/C=C/[C@H](C)C(C)C)CC[C@@]23C)C1. The van der Waals surface area contributed by atoms with Gasteiger partial charge in [-0.15, -0.1) is 0 Å². The summed E-state index contributed by atoms with van der Waals surface area (Å²) in [5.41, 5.74) is 3.59. The van der Waals surface area contributed by atoms with Gasteiger partial charge in [0.1, 0.15) is 6.10 Å². The van der Waals surface area contributed by atoms with Gasteiger partial charge >= 0.3 is 5.97 Å². The zero-order valence-corrected chi connectivity index (χ0v) is 22.4. The van der Waals surface area contributed by atoms with Crippen molar-refractivity contribution in [3.05, 3.63) is 23.8 Å². The number of rotatable bonds is 5. The normalized spacial score (nSPS) is 47.8. The molecule has 0 aromatic heterocycles. The zero-order valence-electron chi connectivity index (χ0n) is 22.4. The number of carbonyl (C=O) groups excluding carboxylic acids is 1. The van der Waals surface area contributed by atoms with Gasteiger partial charge in [0.2, 0.25) is 0 Å². The van der Waals surface area contributed by atoms with Gasteiger partial charge in [0, 0.05) is 6.92 Å². The molecule has 0 saturated heterocycles. The number of fused-ring (bicyclic) bond motifs is 3. The number of hydrogen-bond acceptors (Lipinski definition) is 2. The van der Waals surface area contributed by atoms with Gasteiger partial charge in [0.15, 0.2) is 0 Å². The van der Waals surface area contributed by atoms with Crippen molar-refractivity contribution >= 4 is 5.97 Å². The van der Waals surface area contributed by atoms with Crippen molar-refractivity contribution in [1.82, 2.24) is 0 Å². The molecule has 5 aliphatic carbocycles. The third-order valence-electron chi connectivity index (χ3n) is 12.2. The summed E-state index contributed by atoms with van der Waals surface area (Å²) in [7, 11) is 0. The summed E-state index contributed by atoms with van der Waals surface area (Å²) < 4.78 is 5.70. The van der Waals surface area contributed by atoms with E-state index in [9.17, 15) is 4.79 Å². The molecule has 0 aromatic carbocycles. The fraction of sp³-hybridized carbons (Fsp3) is 0.839. The highest BCUT2D eigenvalue weighted by Gasteiger charge is 2.75. The maximum Gasteiger partial charge on any atom is 0.302 e. The number of allylic oxidation sites excluding steroid dienone is 4. The van der Waals surface area contributed by atoms with E-state index >= 15 is 0 Å². The molecule has 184 valence electrons. The first kappa shape index (κ1) is 23.7. The smallest absolute Gasteiger partial charge is 0.302 e. The molecule has 4 fully saturated rings. The Bertz CT molecular complexity index is 868. The molecule has 33 heavy (non-hydrogen) atoms. The topological polar surface area (TPSA) is 26.3 Å². The van der Waals surface area contributed by atoms with E-state index in [1.165, 1.54) is 44.9 Å². The molecule has 2 nitrogen and oxygen atoms in total. The van der Waals surface area contributed by atoms with Crippen LogP contribution in [0.5, 0.6) is 0 Å². The van der Waals surface area contributed by atoms with Crippen LogP contribution in [0.15, 0.2) is 23.8 Å². The van der Waals surface area contributed by atoms with Crippen molar-refractivity contribution in [2.45, 2.75) is 112 Å². The van der Waals surface area contributed by atoms with Crippen LogP contribution in [-0.2, 0) is 9.53 Å². The summed E-state index contributed by atoms with van der Waals surface area (Å²) in [6, 6.07) is 0. The summed E-state index contributed by atoms with van der Waals surface area (Å²) in [5, 5.41) is 0. The highest BCUT2D eigenvalue weighted by molar-refractivity contribution is 5.66. The Morgan fingerprint density at radius 3 is 2.48 bits per heavy atom. The van der Waals surface area contributed by atoms with Crippen LogP contribution < -0.4 is 0 Å². The van der Waals surface area contributed by atoms with E-state index in [0.717, 1.165) is 24.7 Å².